The number of H-pyrrole nitrogens is 1. The van der Waals surface area contributed by atoms with E-state index >= 15 is 0 Å². The average molecular weight is 315 g/mol. The first-order chi connectivity index (χ1) is 11.2. The van der Waals surface area contributed by atoms with Gasteiger partial charge in [-0.1, -0.05) is 12.1 Å². The molecule has 0 radical (unpaired) electrons. The van der Waals surface area contributed by atoms with Crippen LogP contribution in [0, 0.1) is 6.92 Å². The summed E-state index contributed by atoms with van der Waals surface area (Å²) in [5, 5.41) is 6.74. The number of aromatic amines is 1. The van der Waals surface area contributed by atoms with Crippen molar-refractivity contribution < 1.29 is 14.3 Å². The van der Waals surface area contributed by atoms with Crippen LogP contribution in [0.15, 0.2) is 30.5 Å². The monoisotopic (exact) mass is 315 g/mol. The van der Waals surface area contributed by atoms with E-state index in [9.17, 15) is 4.79 Å². The molecule has 1 amide bonds. The second kappa shape index (κ2) is 6.83. The van der Waals surface area contributed by atoms with Gasteiger partial charge >= 0.3 is 0 Å². The highest BCUT2D eigenvalue weighted by molar-refractivity contribution is 5.95. The molecule has 6 nitrogen and oxygen atoms in total. The molecule has 0 unspecified atom stereocenters. The van der Waals surface area contributed by atoms with Crippen molar-refractivity contribution in [2.45, 2.75) is 19.4 Å². The largest absolute Gasteiger partial charge is 0.497 e. The summed E-state index contributed by atoms with van der Waals surface area (Å²) in [7, 11) is 1.66. The van der Waals surface area contributed by atoms with Crippen molar-refractivity contribution in [2.75, 3.05) is 26.8 Å². The zero-order chi connectivity index (χ0) is 16.2. The van der Waals surface area contributed by atoms with Crippen LogP contribution in [-0.2, 0) is 11.2 Å². The third kappa shape index (κ3) is 3.53. The lowest BCUT2D eigenvalue weighted by Crippen LogP contribution is -2.46. The molecule has 0 spiro atoms. The molecule has 1 fully saturated rings. The predicted molar refractivity (Wildman–Crippen MR) is 85.7 cm³/mol. The van der Waals surface area contributed by atoms with Crippen LogP contribution < -0.4 is 4.74 Å². The lowest BCUT2D eigenvalue weighted by Gasteiger charge is -2.33. The fourth-order valence-electron chi connectivity index (χ4n) is 2.83. The Morgan fingerprint density at radius 1 is 1.52 bits per heavy atom. The third-order valence-electron chi connectivity index (χ3n) is 4.08. The lowest BCUT2D eigenvalue weighted by atomic mass is 10.1. The fraction of sp³-hybridized carbons (Fsp3) is 0.412. The summed E-state index contributed by atoms with van der Waals surface area (Å²) in [5.74, 6) is 0.843. The minimum absolute atomic E-state index is 0.00740. The molecule has 6 heteroatoms. The Balaban J connectivity index is 1.66. The Hall–Kier alpha value is -2.34. The number of methoxy groups -OCH3 is 1. The molecule has 0 saturated carbocycles. The topological polar surface area (TPSA) is 67.5 Å². The number of hydrogen-bond acceptors (Lipinski definition) is 4. The summed E-state index contributed by atoms with van der Waals surface area (Å²) < 4.78 is 11.1. The Morgan fingerprint density at radius 3 is 3.13 bits per heavy atom. The minimum Gasteiger partial charge on any atom is -0.497 e. The van der Waals surface area contributed by atoms with Crippen LogP contribution in [0.2, 0.25) is 0 Å². The number of nitrogens with one attached hydrogen (secondary N) is 1. The number of aryl methyl sites for hydroxylation is 1. The van der Waals surface area contributed by atoms with E-state index in [1.165, 1.54) is 0 Å². The number of aromatic nitrogens is 2. The van der Waals surface area contributed by atoms with Crippen LogP contribution in [0.3, 0.4) is 0 Å². The van der Waals surface area contributed by atoms with Crippen LogP contribution in [0.25, 0.3) is 0 Å². The van der Waals surface area contributed by atoms with Gasteiger partial charge in [0.1, 0.15) is 5.75 Å². The number of ether oxygens (including phenoxy) is 2. The molecule has 1 aromatic carbocycles. The van der Waals surface area contributed by atoms with Gasteiger partial charge in [-0.15, -0.1) is 0 Å². The van der Waals surface area contributed by atoms with E-state index in [1.54, 1.807) is 13.3 Å². The van der Waals surface area contributed by atoms with Gasteiger partial charge in [-0.3, -0.25) is 9.89 Å². The highest BCUT2D eigenvalue weighted by atomic mass is 16.5. The molecule has 1 aliphatic rings. The van der Waals surface area contributed by atoms with E-state index in [-0.39, 0.29) is 12.0 Å². The predicted octanol–water partition coefficient (Wildman–Crippen LogP) is 1.81. The minimum atomic E-state index is -0.00740. The molecule has 1 aromatic heterocycles. The van der Waals surface area contributed by atoms with E-state index in [0.717, 1.165) is 23.4 Å². The maximum absolute atomic E-state index is 12.6. The smallest absolute Gasteiger partial charge is 0.257 e. The summed E-state index contributed by atoms with van der Waals surface area (Å²) >= 11 is 0. The number of hydrogen-bond donors (Lipinski definition) is 1. The van der Waals surface area contributed by atoms with Gasteiger partial charge in [-0.05, 0) is 24.6 Å². The van der Waals surface area contributed by atoms with Gasteiger partial charge < -0.3 is 14.4 Å². The van der Waals surface area contributed by atoms with Crippen LogP contribution in [-0.4, -0.2) is 53.9 Å². The highest BCUT2D eigenvalue weighted by Crippen LogP contribution is 2.18. The highest BCUT2D eigenvalue weighted by Gasteiger charge is 2.26. The molecule has 0 aliphatic carbocycles. The molecule has 2 heterocycles. The summed E-state index contributed by atoms with van der Waals surface area (Å²) in [6.07, 6.45) is 2.34. The zero-order valence-corrected chi connectivity index (χ0v) is 13.4. The van der Waals surface area contributed by atoms with Crippen molar-refractivity contribution in [3.8, 4) is 5.75 Å². The number of amides is 1. The van der Waals surface area contributed by atoms with Gasteiger partial charge in [-0.25, -0.2) is 0 Å². The van der Waals surface area contributed by atoms with Crippen molar-refractivity contribution in [2.24, 2.45) is 0 Å². The summed E-state index contributed by atoms with van der Waals surface area (Å²) in [5.41, 5.74) is 2.57. The molecule has 23 heavy (non-hydrogen) atoms. The quantitative estimate of drug-likeness (QED) is 0.934. The number of rotatable bonds is 4. The maximum atomic E-state index is 12.6. The second-order valence-corrected chi connectivity index (χ2v) is 5.71. The molecule has 1 saturated heterocycles. The summed E-state index contributed by atoms with van der Waals surface area (Å²) in [6, 6.07) is 7.94. The van der Waals surface area contributed by atoms with Gasteiger partial charge in [0, 0.05) is 25.2 Å². The summed E-state index contributed by atoms with van der Waals surface area (Å²) in [6.45, 7) is 3.60. The number of carbonyl (C=O) groups excluding carboxylic acids is 1. The van der Waals surface area contributed by atoms with Gasteiger partial charge in [-0.2, -0.15) is 5.10 Å². The molecule has 3 rings (SSSR count). The van der Waals surface area contributed by atoms with Crippen LogP contribution >= 0.6 is 0 Å². The van der Waals surface area contributed by atoms with Crippen molar-refractivity contribution in [1.82, 2.24) is 15.1 Å². The Morgan fingerprint density at radius 2 is 2.39 bits per heavy atom. The lowest BCUT2D eigenvalue weighted by molar-refractivity contribution is -0.0208. The SMILES string of the molecule is COc1cccc(C[C@@H]2CN(C(=O)c3cn[nH]c3C)CCO2)c1. The van der Waals surface area contributed by atoms with Gasteiger partial charge in [0.2, 0.25) is 0 Å². The molecule has 2 aromatic rings. The zero-order valence-electron chi connectivity index (χ0n) is 13.4. The number of carbonyl (C=O) groups is 1. The molecule has 1 aliphatic heterocycles. The summed E-state index contributed by atoms with van der Waals surface area (Å²) in [4.78, 5) is 14.4. The average Bonchev–Trinajstić information content (AvgIpc) is 3.00. The van der Waals surface area contributed by atoms with E-state index < -0.39 is 0 Å². The maximum Gasteiger partial charge on any atom is 0.257 e. The number of nitrogens with zero attached hydrogens (tertiary/aromatic N) is 2. The van der Waals surface area contributed by atoms with Crippen molar-refractivity contribution in [3.05, 3.63) is 47.3 Å². The van der Waals surface area contributed by atoms with Crippen LogP contribution in [0.5, 0.6) is 5.75 Å². The Labute approximate surface area is 135 Å². The molecule has 122 valence electrons. The van der Waals surface area contributed by atoms with Gasteiger partial charge in [0.05, 0.1) is 31.6 Å². The van der Waals surface area contributed by atoms with Gasteiger partial charge in [0.25, 0.3) is 5.91 Å². The molecular formula is C17H21N3O3. The van der Waals surface area contributed by atoms with Crippen molar-refractivity contribution >= 4 is 5.91 Å². The molecule has 1 atom stereocenters. The molecule has 1 N–H and O–H groups in total. The van der Waals surface area contributed by atoms with Crippen LogP contribution in [0.4, 0.5) is 0 Å². The van der Waals surface area contributed by atoms with Crippen molar-refractivity contribution in [3.63, 3.8) is 0 Å². The number of benzene rings is 1. The third-order valence-corrected chi connectivity index (χ3v) is 4.08. The Bertz CT molecular complexity index is 683. The van der Waals surface area contributed by atoms with Crippen molar-refractivity contribution in [1.29, 1.82) is 0 Å². The first-order valence-electron chi connectivity index (χ1n) is 7.71. The molecular weight excluding hydrogens is 294 g/mol. The fourth-order valence-corrected chi connectivity index (χ4v) is 2.83. The standard InChI is InChI=1S/C17H21N3O3/c1-12-16(10-18-19-12)17(21)20-6-7-23-15(11-20)9-13-4-3-5-14(8-13)22-2/h3-5,8,10,15H,6-7,9,11H2,1-2H3,(H,18,19)/t15-/m1/s1. The number of morpholine rings is 1. The van der Waals surface area contributed by atoms with Crippen LogP contribution in [0.1, 0.15) is 21.6 Å². The van der Waals surface area contributed by atoms with Gasteiger partial charge in [0.15, 0.2) is 0 Å². The molecule has 0 bridgehead atoms. The van der Waals surface area contributed by atoms with E-state index in [1.807, 2.05) is 36.1 Å². The van der Waals surface area contributed by atoms with E-state index in [2.05, 4.69) is 10.2 Å². The van der Waals surface area contributed by atoms with E-state index in [0.29, 0.717) is 25.3 Å². The normalized spacial score (nSPS) is 18.0. The first kappa shape index (κ1) is 15.6. The van der Waals surface area contributed by atoms with E-state index in [4.69, 9.17) is 9.47 Å². The Kier molecular flexibility index (Phi) is 4.62. The first-order valence-corrected chi connectivity index (χ1v) is 7.71. The second-order valence-electron chi connectivity index (χ2n) is 5.71.